The van der Waals surface area contributed by atoms with E-state index >= 15 is 0 Å². The van der Waals surface area contributed by atoms with Gasteiger partial charge in [0.2, 0.25) is 0 Å². The van der Waals surface area contributed by atoms with Crippen LogP contribution in [0, 0.1) is 5.92 Å². The van der Waals surface area contributed by atoms with Crippen LogP contribution < -0.4 is 10.6 Å². The van der Waals surface area contributed by atoms with Gasteiger partial charge in [-0.2, -0.15) is 0 Å². The maximum Gasteiger partial charge on any atom is 0.0476 e. The zero-order valence-electron chi connectivity index (χ0n) is 5.65. The molecule has 1 fully saturated rings. The third-order valence-electron chi connectivity index (χ3n) is 1.74. The standard InChI is InChI=1S/C6H10N2/c1-5-2-8-4-6(5)3-7-1/h1,6-8H,2-4H2/i2D. The van der Waals surface area contributed by atoms with E-state index in [-0.39, 0.29) is 6.52 Å². The van der Waals surface area contributed by atoms with E-state index in [2.05, 4.69) is 10.6 Å². The predicted octanol–water partition coefficient (Wildman–Crippen LogP) is -0.307. The zero-order chi connectivity index (χ0) is 6.27. The van der Waals surface area contributed by atoms with Gasteiger partial charge in [-0.05, 0) is 11.8 Å². The molecule has 2 heteroatoms. The summed E-state index contributed by atoms with van der Waals surface area (Å²) in [6.45, 7) is 1.87. The summed E-state index contributed by atoms with van der Waals surface area (Å²) < 4.78 is 7.44. The zero-order valence-corrected chi connectivity index (χ0v) is 4.65. The largest absolute Gasteiger partial charge is 0.390 e. The van der Waals surface area contributed by atoms with E-state index in [9.17, 15) is 0 Å². The number of fused-ring (bicyclic) bond motifs is 1. The van der Waals surface area contributed by atoms with Crippen molar-refractivity contribution in [3.05, 3.63) is 11.8 Å². The van der Waals surface area contributed by atoms with Gasteiger partial charge >= 0.3 is 0 Å². The molecule has 2 nitrogen and oxygen atoms in total. The summed E-state index contributed by atoms with van der Waals surface area (Å²) in [7, 11) is 0. The maximum absolute atomic E-state index is 7.44. The van der Waals surface area contributed by atoms with Crippen LogP contribution in [0.15, 0.2) is 11.8 Å². The van der Waals surface area contributed by atoms with Gasteiger partial charge in [0.1, 0.15) is 0 Å². The number of nitrogens with one attached hydrogen (secondary N) is 2. The number of rotatable bonds is 0. The lowest BCUT2D eigenvalue weighted by Crippen LogP contribution is -2.16. The van der Waals surface area contributed by atoms with Crippen LogP contribution in [-0.2, 0) is 0 Å². The fourth-order valence-corrected chi connectivity index (χ4v) is 1.22. The van der Waals surface area contributed by atoms with Crippen molar-refractivity contribution in [2.24, 2.45) is 5.92 Å². The second kappa shape index (κ2) is 1.49. The minimum absolute atomic E-state index is 0.134. The number of hydrogen-bond acceptors (Lipinski definition) is 2. The molecule has 8 heavy (non-hydrogen) atoms. The first kappa shape index (κ1) is 3.51. The molecular formula is C6H10N2. The topological polar surface area (TPSA) is 24.1 Å². The average Bonchev–Trinajstić information content (AvgIpc) is 2.35. The van der Waals surface area contributed by atoms with Crippen LogP contribution in [0.2, 0.25) is 0 Å². The third-order valence-corrected chi connectivity index (χ3v) is 1.74. The molecule has 2 aliphatic rings. The Bertz CT molecular complexity index is 155. The Hall–Kier alpha value is -0.500. The second-order valence-corrected chi connectivity index (χ2v) is 2.30. The molecular weight excluding hydrogens is 100 g/mol. The fourth-order valence-electron chi connectivity index (χ4n) is 1.22. The molecule has 2 aliphatic heterocycles. The van der Waals surface area contributed by atoms with E-state index in [1.807, 2.05) is 6.20 Å². The van der Waals surface area contributed by atoms with Crippen LogP contribution in [-0.4, -0.2) is 19.6 Å². The highest BCUT2D eigenvalue weighted by Gasteiger charge is 2.22. The molecule has 2 unspecified atom stereocenters. The monoisotopic (exact) mass is 111 g/mol. The molecule has 2 rings (SSSR count). The van der Waals surface area contributed by atoms with Crippen molar-refractivity contribution in [1.82, 2.24) is 10.6 Å². The van der Waals surface area contributed by atoms with Gasteiger partial charge in [0.15, 0.2) is 0 Å². The van der Waals surface area contributed by atoms with Gasteiger partial charge in [-0.15, -0.1) is 0 Å². The summed E-state index contributed by atoms with van der Waals surface area (Å²) in [4.78, 5) is 0. The van der Waals surface area contributed by atoms with Gasteiger partial charge in [0, 0.05) is 26.9 Å². The SMILES string of the molecule is [2H]C1NCC2CNC=C21. The predicted molar refractivity (Wildman–Crippen MR) is 32.4 cm³/mol. The molecule has 2 heterocycles. The molecule has 44 valence electrons. The molecule has 1 saturated heterocycles. The van der Waals surface area contributed by atoms with Crippen LogP contribution in [0.4, 0.5) is 0 Å². The molecule has 0 spiro atoms. The van der Waals surface area contributed by atoms with E-state index in [1.165, 1.54) is 5.57 Å². The van der Waals surface area contributed by atoms with E-state index < -0.39 is 0 Å². The van der Waals surface area contributed by atoms with Crippen molar-refractivity contribution in [2.45, 2.75) is 0 Å². The summed E-state index contributed by atoms with van der Waals surface area (Å²) >= 11 is 0. The Kier molecular flexibility index (Phi) is 0.653. The summed E-state index contributed by atoms with van der Waals surface area (Å²) in [5.74, 6) is 0.604. The first-order chi connectivity index (χ1) is 4.38. The highest BCUT2D eigenvalue weighted by molar-refractivity contribution is 5.18. The highest BCUT2D eigenvalue weighted by Crippen LogP contribution is 2.17. The molecule has 0 aliphatic carbocycles. The minimum atomic E-state index is -0.134. The van der Waals surface area contributed by atoms with Gasteiger partial charge in [-0.3, -0.25) is 0 Å². The maximum atomic E-state index is 7.44. The molecule has 0 saturated carbocycles. The lowest BCUT2D eigenvalue weighted by Gasteiger charge is -1.97. The van der Waals surface area contributed by atoms with Gasteiger partial charge in [0.25, 0.3) is 0 Å². The van der Waals surface area contributed by atoms with Crippen LogP contribution in [0.25, 0.3) is 0 Å². The van der Waals surface area contributed by atoms with Crippen molar-refractivity contribution in [3.63, 3.8) is 0 Å². The minimum Gasteiger partial charge on any atom is -0.390 e. The van der Waals surface area contributed by atoms with Crippen LogP contribution in [0.3, 0.4) is 0 Å². The van der Waals surface area contributed by atoms with Crippen molar-refractivity contribution >= 4 is 0 Å². The Morgan fingerprint density at radius 1 is 1.75 bits per heavy atom. The molecule has 2 atom stereocenters. The van der Waals surface area contributed by atoms with Crippen LogP contribution >= 0.6 is 0 Å². The Balaban J connectivity index is 2.22. The van der Waals surface area contributed by atoms with E-state index in [1.54, 1.807) is 0 Å². The second-order valence-electron chi connectivity index (χ2n) is 2.30. The van der Waals surface area contributed by atoms with Gasteiger partial charge in [-0.1, -0.05) is 0 Å². The van der Waals surface area contributed by atoms with E-state index in [0.29, 0.717) is 5.92 Å². The third kappa shape index (κ3) is 0.464. The Morgan fingerprint density at radius 3 is 3.62 bits per heavy atom. The molecule has 0 aromatic carbocycles. The quantitative estimate of drug-likeness (QED) is 0.448. The Morgan fingerprint density at radius 2 is 2.75 bits per heavy atom. The molecule has 0 amide bonds. The van der Waals surface area contributed by atoms with Gasteiger partial charge in [0.05, 0.1) is 0 Å². The molecule has 0 bridgehead atoms. The van der Waals surface area contributed by atoms with Crippen LogP contribution in [0.5, 0.6) is 0 Å². The van der Waals surface area contributed by atoms with Crippen LogP contribution in [0.1, 0.15) is 1.37 Å². The lowest BCUT2D eigenvalue weighted by molar-refractivity contribution is 0.652. The summed E-state index contributed by atoms with van der Waals surface area (Å²) in [6.07, 6.45) is 1.97. The fraction of sp³-hybridized carbons (Fsp3) is 0.667. The van der Waals surface area contributed by atoms with Crippen molar-refractivity contribution < 1.29 is 1.37 Å². The average molecular weight is 111 g/mol. The van der Waals surface area contributed by atoms with Gasteiger partial charge in [-0.25, -0.2) is 0 Å². The molecule has 0 aromatic rings. The number of hydrogen-bond donors (Lipinski definition) is 2. The normalized spacial score (nSPS) is 45.0. The summed E-state index contributed by atoms with van der Waals surface area (Å²) in [6, 6.07) is 0. The Labute approximate surface area is 50.4 Å². The van der Waals surface area contributed by atoms with E-state index in [0.717, 1.165) is 13.1 Å². The van der Waals surface area contributed by atoms with Gasteiger partial charge < -0.3 is 10.6 Å². The molecule has 2 N–H and O–H groups in total. The van der Waals surface area contributed by atoms with E-state index in [4.69, 9.17) is 1.37 Å². The molecule has 0 aromatic heterocycles. The first-order valence-electron chi connectivity index (χ1n) is 3.54. The highest BCUT2D eigenvalue weighted by atomic mass is 15.0. The smallest absolute Gasteiger partial charge is 0.0476 e. The summed E-state index contributed by atoms with van der Waals surface area (Å²) in [5, 5.41) is 6.21. The first-order valence-corrected chi connectivity index (χ1v) is 2.97. The van der Waals surface area contributed by atoms with Crippen molar-refractivity contribution in [3.8, 4) is 0 Å². The van der Waals surface area contributed by atoms with Crippen molar-refractivity contribution in [2.75, 3.05) is 19.6 Å². The lowest BCUT2D eigenvalue weighted by atomic mass is 10.1. The summed E-state index contributed by atoms with van der Waals surface area (Å²) in [5.41, 5.74) is 1.23. The van der Waals surface area contributed by atoms with Crippen molar-refractivity contribution in [1.29, 1.82) is 0 Å². The molecule has 0 radical (unpaired) electrons.